The number of carbonyl (C=O) groups is 2. The lowest BCUT2D eigenvalue weighted by Crippen LogP contribution is -2.46. The quantitative estimate of drug-likeness (QED) is 0.478. The first-order valence-corrected chi connectivity index (χ1v) is 13.5. The molecule has 2 aliphatic heterocycles. The molecule has 2 aliphatic rings. The van der Waals surface area contributed by atoms with Crippen molar-refractivity contribution in [2.45, 2.75) is 32.3 Å². The van der Waals surface area contributed by atoms with Crippen LogP contribution in [0.15, 0.2) is 66.7 Å². The van der Waals surface area contributed by atoms with E-state index in [-0.39, 0.29) is 24.5 Å². The molecule has 8 heteroatoms. The van der Waals surface area contributed by atoms with E-state index < -0.39 is 0 Å². The molecular formula is C30H35N5O3. The van der Waals surface area contributed by atoms with Gasteiger partial charge in [0.2, 0.25) is 5.91 Å². The molecule has 2 amide bonds. The third-order valence-electron chi connectivity index (χ3n) is 7.25. The van der Waals surface area contributed by atoms with Crippen LogP contribution >= 0.6 is 0 Å². The van der Waals surface area contributed by atoms with Crippen molar-refractivity contribution in [3.8, 4) is 11.3 Å². The van der Waals surface area contributed by atoms with E-state index in [9.17, 15) is 9.59 Å². The summed E-state index contributed by atoms with van der Waals surface area (Å²) in [5, 5.41) is 8.93. The first kappa shape index (κ1) is 25.9. The van der Waals surface area contributed by atoms with E-state index in [1.165, 1.54) is 5.56 Å². The maximum Gasteiger partial charge on any atom is 0.254 e. The number of anilines is 1. The van der Waals surface area contributed by atoms with E-state index in [2.05, 4.69) is 46.3 Å². The van der Waals surface area contributed by atoms with Gasteiger partial charge in [-0.15, -0.1) is 10.2 Å². The molecule has 2 saturated heterocycles. The third kappa shape index (κ3) is 6.37. The predicted molar refractivity (Wildman–Crippen MR) is 147 cm³/mol. The van der Waals surface area contributed by atoms with Gasteiger partial charge in [0.1, 0.15) is 6.54 Å². The molecule has 198 valence electrons. The zero-order chi connectivity index (χ0) is 26.3. The van der Waals surface area contributed by atoms with Crippen LogP contribution in [0.1, 0.15) is 35.2 Å². The van der Waals surface area contributed by atoms with Gasteiger partial charge >= 0.3 is 0 Å². The molecule has 1 unspecified atom stereocenters. The molecule has 8 nitrogen and oxygen atoms in total. The highest BCUT2D eigenvalue weighted by molar-refractivity contribution is 5.96. The molecule has 2 aromatic carbocycles. The number of hydrogen-bond acceptors (Lipinski definition) is 6. The second kappa shape index (κ2) is 12.2. The van der Waals surface area contributed by atoms with E-state index in [0.717, 1.165) is 42.9 Å². The van der Waals surface area contributed by atoms with Crippen LogP contribution in [0, 0.1) is 6.92 Å². The van der Waals surface area contributed by atoms with Crippen LogP contribution in [0.3, 0.4) is 0 Å². The Morgan fingerprint density at radius 3 is 2.45 bits per heavy atom. The largest absolute Gasteiger partial charge is 0.376 e. The van der Waals surface area contributed by atoms with E-state index in [4.69, 9.17) is 4.74 Å². The van der Waals surface area contributed by atoms with Gasteiger partial charge in [0.15, 0.2) is 5.82 Å². The lowest BCUT2D eigenvalue weighted by atomic mass is 10.1. The number of ether oxygens (including phenoxy) is 1. The molecule has 1 aromatic heterocycles. The topological polar surface area (TPSA) is 78.9 Å². The Labute approximate surface area is 224 Å². The minimum absolute atomic E-state index is 0.0171. The average Bonchev–Trinajstić information content (AvgIpc) is 3.34. The average molecular weight is 514 g/mol. The van der Waals surface area contributed by atoms with Gasteiger partial charge in [-0.1, -0.05) is 48.0 Å². The van der Waals surface area contributed by atoms with Gasteiger partial charge in [-0.3, -0.25) is 9.59 Å². The zero-order valence-electron chi connectivity index (χ0n) is 22.0. The monoisotopic (exact) mass is 513 g/mol. The van der Waals surface area contributed by atoms with Crippen molar-refractivity contribution in [1.82, 2.24) is 20.0 Å². The Bertz CT molecular complexity index is 1210. The van der Waals surface area contributed by atoms with Crippen LogP contribution in [0.25, 0.3) is 11.3 Å². The van der Waals surface area contributed by atoms with E-state index in [1.54, 1.807) is 17.0 Å². The maximum atomic E-state index is 13.4. The van der Waals surface area contributed by atoms with Gasteiger partial charge < -0.3 is 19.4 Å². The second-order valence-corrected chi connectivity index (χ2v) is 10.1. The SMILES string of the molecule is Cc1ccc(-c2ccc(N3CCCN(C(=O)CN(CC4CCCO4)C(=O)c4ccccc4)CC3)nn2)cc1. The number of aryl methyl sites for hydroxylation is 1. The van der Waals surface area contributed by atoms with Crippen LogP contribution in [0.4, 0.5) is 5.82 Å². The zero-order valence-corrected chi connectivity index (χ0v) is 22.0. The van der Waals surface area contributed by atoms with E-state index in [1.807, 2.05) is 35.2 Å². The number of rotatable bonds is 7. The lowest BCUT2D eigenvalue weighted by Gasteiger charge is -2.28. The molecule has 3 aromatic rings. The highest BCUT2D eigenvalue weighted by Gasteiger charge is 2.28. The maximum absolute atomic E-state index is 13.4. The van der Waals surface area contributed by atoms with Crippen molar-refractivity contribution >= 4 is 17.6 Å². The fraction of sp³-hybridized carbons (Fsp3) is 0.400. The van der Waals surface area contributed by atoms with Gasteiger partial charge in [-0.05, 0) is 50.5 Å². The number of hydrogen-bond donors (Lipinski definition) is 0. The van der Waals surface area contributed by atoms with Crippen LogP contribution in [0.5, 0.6) is 0 Å². The molecule has 0 saturated carbocycles. The fourth-order valence-corrected chi connectivity index (χ4v) is 5.05. The van der Waals surface area contributed by atoms with Gasteiger partial charge in [-0.2, -0.15) is 0 Å². The minimum Gasteiger partial charge on any atom is -0.376 e. The number of amides is 2. The minimum atomic E-state index is -0.130. The number of carbonyl (C=O) groups excluding carboxylic acids is 2. The summed E-state index contributed by atoms with van der Waals surface area (Å²) in [5.74, 6) is 0.652. The summed E-state index contributed by atoms with van der Waals surface area (Å²) in [7, 11) is 0. The lowest BCUT2D eigenvalue weighted by molar-refractivity contribution is -0.132. The van der Waals surface area contributed by atoms with E-state index in [0.29, 0.717) is 38.3 Å². The van der Waals surface area contributed by atoms with Crippen molar-refractivity contribution in [2.75, 3.05) is 50.8 Å². The smallest absolute Gasteiger partial charge is 0.254 e. The molecular weight excluding hydrogens is 478 g/mol. The van der Waals surface area contributed by atoms with Crippen LogP contribution in [-0.4, -0.2) is 83.8 Å². The predicted octanol–water partition coefficient (Wildman–Crippen LogP) is 3.81. The van der Waals surface area contributed by atoms with Crippen molar-refractivity contribution in [2.24, 2.45) is 0 Å². The summed E-state index contributed by atoms with van der Waals surface area (Å²) in [4.78, 5) is 32.4. The Balaban J connectivity index is 1.21. The summed E-state index contributed by atoms with van der Waals surface area (Å²) in [5.41, 5.74) is 3.68. The van der Waals surface area contributed by atoms with Gasteiger partial charge in [0.25, 0.3) is 5.91 Å². The van der Waals surface area contributed by atoms with Crippen molar-refractivity contribution < 1.29 is 14.3 Å². The van der Waals surface area contributed by atoms with Crippen molar-refractivity contribution in [3.05, 3.63) is 77.9 Å². The molecule has 0 bridgehead atoms. The summed E-state index contributed by atoms with van der Waals surface area (Å²) >= 11 is 0. The van der Waals surface area contributed by atoms with Crippen molar-refractivity contribution in [3.63, 3.8) is 0 Å². The Hall–Kier alpha value is -3.78. The van der Waals surface area contributed by atoms with Crippen LogP contribution < -0.4 is 4.90 Å². The fourth-order valence-electron chi connectivity index (χ4n) is 5.05. The summed E-state index contributed by atoms with van der Waals surface area (Å²) in [6, 6.07) is 21.4. The Morgan fingerprint density at radius 1 is 0.921 bits per heavy atom. The first-order chi connectivity index (χ1) is 18.6. The van der Waals surface area contributed by atoms with Gasteiger partial charge in [0, 0.05) is 50.5 Å². The molecule has 5 rings (SSSR count). The normalized spacial score (nSPS) is 17.8. The summed E-state index contributed by atoms with van der Waals surface area (Å²) in [6.45, 7) is 5.96. The first-order valence-electron chi connectivity index (χ1n) is 13.5. The highest BCUT2D eigenvalue weighted by atomic mass is 16.5. The summed E-state index contributed by atoms with van der Waals surface area (Å²) < 4.78 is 5.78. The molecule has 0 radical (unpaired) electrons. The second-order valence-electron chi connectivity index (χ2n) is 10.1. The van der Waals surface area contributed by atoms with Crippen LogP contribution in [-0.2, 0) is 9.53 Å². The highest BCUT2D eigenvalue weighted by Crippen LogP contribution is 2.20. The molecule has 0 spiro atoms. The summed E-state index contributed by atoms with van der Waals surface area (Å²) in [6.07, 6.45) is 2.71. The molecule has 38 heavy (non-hydrogen) atoms. The van der Waals surface area contributed by atoms with Crippen molar-refractivity contribution in [1.29, 1.82) is 0 Å². The molecule has 1 atom stereocenters. The molecule has 0 N–H and O–H groups in total. The number of nitrogens with zero attached hydrogens (tertiary/aromatic N) is 5. The molecule has 0 aliphatic carbocycles. The van der Waals surface area contributed by atoms with Gasteiger partial charge in [0.05, 0.1) is 11.8 Å². The third-order valence-corrected chi connectivity index (χ3v) is 7.25. The molecule has 3 heterocycles. The Morgan fingerprint density at radius 2 is 1.74 bits per heavy atom. The number of aromatic nitrogens is 2. The molecule has 2 fully saturated rings. The van der Waals surface area contributed by atoms with Gasteiger partial charge in [-0.25, -0.2) is 0 Å². The Kier molecular flexibility index (Phi) is 8.28. The standard InChI is InChI=1S/C30H35N5O3/c1-23-10-12-24(13-11-23)27-14-15-28(32-31-27)33-16-6-17-34(19-18-33)29(36)22-35(21-26-9-5-20-38-26)30(37)25-7-3-2-4-8-25/h2-4,7-8,10-15,26H,5-6,9,16-22H2,1H3. The van der Waals surface area contributed by atoms with E-state index >= 15 is 0 Å². The number of benzene rings is 2. The van der Waals surface area contributed by atoms with Crippen LogP contribution in [0.2, 0.25) is 0 Å².